The number of benzene rings is 2. The van der Waals surface area contributed by atoms with Crippen LogP contribution < -0.4 is 5.73 Å². The van der Waals surface area contributed by atoms with Crippen LogP contribution in [0.15, 0.2) is 36.4 Å². The van der Waals surface area contributed by atoms with Gasteiger partial charge in [0.15, 0.2) is 0 Å². The monoisotopic (exact) mass is 231 g/mol. The highest BCUT2D eigenvalue weighted by atomic mass is 35.5. The molecule has 0 aliphatic heterocycles. The molecule has 2 heteroatoms. The molecule has 0 spiro atoms. The van der Waals surface area contributed by atoms with Gasteiger partial charge in [0, 0.05) is 10.7 Å². The molecule has 16 heavy (non-hydrogen) atoms. The highest BCUT2D eigenvalue weighted by Crippen LogP contribution is 2.28. The molecule has 0 radical (unpaired) electrons. The van der Waals surface area contributed by atoms with Crippen LogP contribution in [0.1, 0.15) is 11.1 Å². The van der Waals surface area contributed by atoms with Gasteiger partial charge in [-0.25, -0.2) is 0 Å². The Balaban J connectivity index is 2.54. The van der Waals surface area contributed by atoms with E-state index in [0.29, 0.717) is 0 Å². The van der Waals surface area contributed by atoms with Crippen molar-refractivity contribution < 1.29 is 0 Å². The number of nitrogens with two attached hydrogens (primary N) is 1. The minimum absolute atomic E-state index is 0.772. The van der Waals surface area contributed by atoms with Crippen molar-refractivity contribution in [2.24, 2.45) is 0 Å². The number of rotatable bonds is 1. The van der Waals surface area contributed by atoms with Gasteiger partial charge in [-0.05, 0) is 60.4 Å². The number of halogens is 1. The second kappa shape index (κ2) is 4.18. The summed E-state index contributed by atoms with van der Waals surface area (Å²) in [5.41, 5.74) is 11.3. The molecule has 0 heterocycles. The molecular formula is C14H14ClN. The Kier molecular flexibility index (Phi) is 2.88. The van der Waals surface area contributed by atoms with Gasteiger partial charge in [0.1, 0.15) is 0 Å². The van der Waals surface area contributed by atoms with Gasteiger partial charge in [-0.2, -0.15) is 0 Å². The molecule has 82 valence electrons. The molecule has 0 atom stereocenters. The van der Waals surface area contributed by atoms with E-state index in [0.717, 1.165) is 16.3 Å². The van der Waals surface area contributed by atoms with Crippen LogP contribution in [-0.2, 0) is 0 Å². The Bertz CT molecular complexity index is 532. The summed E-state index contributed by atoms with van der Waals surface area (Å²) < 4.78 is 0. The summed E-state index contributed by atoms with van der Waals surface area (Å²) in [5.74, 6) is 0. The molecule has 0 saturated carbocycles. The van der Waals surface area contributed by atoms with E-state index in [1.807, 2.05) is 37.3 Å². The Morgan fingerprint density at radius 1 is 0.938 bits per heavy atom. The Morgan fingerprint density at radius 3 is 2.31 bits per heavy atom. The van der Waals surface area contributed by atoms with Crippen LogP contribution in [0.2, 0.25) is 5.02 Å². The third-order valence-corrected chi connectivity index (χ3v) is 3.00. The number of hydrogen-bond acceptors (Lipinski definition) is 1. The third kappa shape index (κ3) is 2.05. The number of hydrogen-bond donors (Lipinski definition) is 1. The molecule has 2 N–H and O–H groups in total. The molecule has 2 aromatic carbocycles. The van der Waals surface area contributed by atoms with Crippen LogP contribution in [-0.4, -0.2) is 0 Å². The fraction of sp³-hybridized carbons (Fsp3) is 0.143. The Morgan fingerprint density at radius 2 is 1.69 bits per heavy atom. The average Bonchev–Trinajstić information content (AvgIpc) is 2.22. The van der Waals surface area contributed by atoms with Crippen molar-refractivity contribution in [3.63, 3.8) is 0 Å². The van der Waals surface area contributed by atoms with Crippen molar-refractivity contribution in [2.75, 3.05) is 5.73 Å². The fourth-order valence-electron chi connectivity index (χ4n) is 1.79. The Hall–Kier alpha value is -1.47. The smallest absolute Gasteiger partial charge is 0.0409 e. The second-order valence-electron chi connectivity index (χ2n) is 4.03. The van der Waals surface area contributed by atoms with Crippen molar-refractivity contribution in [3.8, 4) is 11.1 Å². The predicted molar refractivity (Wildman–Crippen MR) is 70.8 cm³/mol. The maximum absolute atomic E-state index is 5.94. The molecule has 2 aromatic rings. The summed E-state index contributed by atoms with van der Waals surface area (Å²) >= 11 is 5.94. The number of anilines is 1. The lowest BCUT2D eigenvalue weighted by Gasteiger charge is -2.08. The summed E-state index contributed by atoms with van der Waals surface area (Å²) in [6.45, 7) is 4.08. The van der Waals surface area contributed by atoms with Crippen molar-refractivity contribution in [3.05, 3.63) is 52.5 Å². The molecule has 0 bridgehead atoms. The molecule has 0 amide bonds. The van der Waals surface area contributed by atoms with Gasteiger partial charge in [-0.3, -0.25) is 0 Å². The topological polar surface area (TPSA) is 26.0 Å². The maximum atomic E-state index is 5.94. The first kappa shape index (κ1) is 11.0. The van der Waals surface area contributed by atoms with Gasteiger partial charge in [0.2, 0.25) is 0 Å². The summed E-state index contributed by atoms with van der Waals surface area (Å²) in [5, 5.41) is 0.772. The van der Waals surface area contributed by atoms with Crippen molar-refractivity contribution in [1.82, 2.24) is 0 Å². The highest BCUT2D eigenvalue weighted by Gasteiger charge is 2.03. The molecular weight excluding hydrogens is 218 g/mol. The van der Waals surface area contributed by atoms with E-state index in [4.69, 9.17) is 17.3 Å². The minimum Gasteiger partial charge on any atom is -0.399 e. The zero-order valence-corrected chi connectivity index (χ0v) is 10.2. The van der Waals surface area contributed by atoms with Gasteiger partial charge in [-0.15, -0.1) is 0 Å². The molecule has 0 saturated heterocycles. The van der Waals surface area contributed by atoms with Crippen molar-refractivity contribution in [1.29, 1.82) is 0 Å². The first-order valence-corrected chi connectivity index (χ1v) is 5.58. The van der Waals surface area contributed by atoms with Gasteiger partial charge in [0.05, 0.1) is 0 Å². The number of nitrogen functional groups attached to an aromatic ring is 1. The fourth-order valence-corrected chi connectivity index (χ4v) is 2.02. The van der Waals surface area contributed by atoms with Crippen LogP contribution in [0.25, 0.3) is 11.1 Å². The summed E-state index contributed by atoms with van der Waals surface area (Å²) in [6, 6.07) is 12.0. The SMILES string of the molecule is Cc1cc(-c2ccc(Cl)cc2C)ccc1N. The van der Waals surface area contributed by atoms with Gasteiger partial charge >= 0.3 is 0 Å². The first-order valence-electron chi connectivity index (χ1n) is 5.20. The van der Waals surface area contributed by atoms with Crippen molar-refractivity contribution >= 4 is 17.3 Å². The lowest BCUT2D eigenvalue weighted by molar-refractivity contribution is 1.43. The van der Waals surface area contributed by atoms with Crippen LogP contribution in [0, 0.1) is 13.8 Å². The van der Waals surface area contributed by atoms with Crippen molar-refractivity contribution in [2.45, 2.75) is 13.8 Å². The van der Waals surface area contributed by atoms with E-state index in [-0.39, 0.29) is 0 Å². The molecule has 2 rings (SSSR count). The standard InChI is InChI=1S/C14H14ClN/c1-9-8-12(15)4-5-13(9)11-3-6-14(16)10(2)7-11/h3-8H,16H2,1-2H3. The average molecular weight is 232 g/mol. The molecule has 0 aliphatic rings. The molecule has 0 aliphatic carbocycles. The van der Waals surface area contributed by atoms with Crippen LogP contribution in [0.5, 0.6) is 0 Å². The van der Waals surface area contributed by atoms with E-state index < -0.39 is 0 Å². The van der Waals surface area contributed by atoms with Crippen LogP contribution in [0.3, 0.4) is 0 Å². The summed E-state index contributed by atoms with van der Waals surface area (Å²) in [6.07, 6.45) is 0. The zero-order valence-electron chi connectivity index (χ0n) is 9.42. The quantitative estimate of drug-likeness (QED) is 0.732. The van der Waals surface area contributed by atoms with Crippen LogP contribution >= 0.6 is 11.6 Å². The lowest BCUT2D eigenvalue weighted by Crippen LogP contribution is -1.90. The lowest BCUT2D eigenvalue weighted by atomic mass is 9.98. The van der Waals surface area contributed by atoms with Crippen LogP contribution in [0.4, 0.5) is 5.69 Å². The first-order chi connectivity index (χ1) is 7.58. The minimum atomic E-state index is 0.772. The van der Waals surface area contributed by atoms with E-state index >= 15 is 0 Å². The normalized spacial score (nSPS) is 10.4. The molecule has 0 unspecified atom stereocenters. The van der Waals surface area contributed by atoms with Gasteiger partial charge < -0.3 is 5.73 Å². The van der Waals surface area contributed by atoms with E-state index in [2.05, 4.69) is 13.0 Å². The molecule has 0 fully saturated rings. The van der Waals surface area contributed by atoms with E-state index in [1.54, 1.807) is 0 Å². The molecule has 1 nitrogen and oxygen atoms in total. The Labute approximate surface area is 101 Å². The second-order valence-corrected chi connectivity index (χ2v) is 4.47. The number of aryl methyl sites for hydroxylation is 2. The van der Waals surface area contributed by atoms with Gasteiger partial charge in [-0.1, -0.05) is 23.7 Å². The summed E-state index contributed by atoms with van der Waals surface area (Å²) in [4.78, 5) is 0. The largest absolute Gasteiger partial charge is 0.399 e. The maximum Gasteiger partial charge on any atom is 0.0409 e. The predicted octanol–water partition coefficient (Wildman–Crippen LogP) is 4.21. The van der Waals surface area contributed by atoms with E-state index in [1.165, 1.54) is 16.7 Å². The zero-order chi connectivity index (χ0) is 11.7. The highest BCUT2D eigenvalue weighted by molar-refractivity contribution is 6.30. The molecule has 0 aromatic heterocycles. The van der Waals surface area contributed by atoms with Gasteiger partial charge in [0.25, 0.3) is 0 Å². The van der Waals surface area contributed by atoms with E-state index in [9.17, 15) is 0 Å². The third-order valence-electron chi connectivity index (χ3n) is 2.77. The summed E-state index contributed by atoms with van der Waals surface area (Å²) in [7, 11) is 0.